The second-order valence-corrected chi connectivity index (χ2v) is 15.8. The molecule has 0 amide bonds. The van der Waals surface area contributed by atoms with E-state index in [1.807, 2.05) is 12.1 Å². The average Bonchev–Trinajstić information content (AvgIpc) is 3.74. The van der Waals surface area contributed by atoms with Gasteiger partial charge in [0.05, 0.1) is 5.69 Å². The van der Waals surface area contributed by atoms with Crippen molar-refractivity contribution in [3.63, 3.8) is 0 Å². The maximum atomic E-state index is 6.47. The van der Waals surface area contributed by atoms with Crippen LogP contribution in [0.25, 0.3) is 66.4 Å². The van der Waals surface area contributed by atoms with Gasteiger partial charge in [-0.05, 0) is 112 Å². The van der Waals surface area contributed by atoms with Crippen molar-refractivity contribution in [1.29, 1.82) is 0 Å². The number of anilines is 6. The molecule has 0 saturated heterocycles. The second kappa shape index (κ2) is 16.6. The van der Waals surface area contributed by atoms with Crippen LogP contribution in [-0.4, -0.2) is 0 Å². The summed E-state index contributed by atoms with van der Waals surface area (Å²) >= 11 is 0. The summed E-state index contributed by atoms with van der Waals surface area (Å²) < 4.78 is 6.47. The van der Waals surface area contributed by atoms with Crippen molar-refractivity contribution >= 4 is 56.1 Å². The minimum Gasteiger partial charge on any atom is -0.456 e. The average molecular weight is 807 g/mol. The van der Waals surface area contributed by atoms with Crippen molar-refractivity contribution in [2.45, 2.75) is 0 Å². The van der Waals surface area contributed by atoms with Crippen LogP contribution in [0.2, 0.25) is 0 Å². The Balaban J connectivity index is 1.08. The van der Waals surface area contributed by atoms with Crippen LogP contribution in [0.5, 0.6) is 0 Å². The fraction of sp³-hybridized carbons (Fsp3) is 0. The lowest BCUT2D eigenvalue weighted by Gasteiger charge is -2.29. The summed E-state index contributed by atoms with van der Waals surface area (Å²) in [7, 11) is 0. The Morgan fingerprint density at radius 3 is 1.19 bits per heavy atom. The molecule has 0 N–H and O–H groups in total. The van der Waals surface area contributed by atoms with Gasteiger partial charge in [-0.25, -0.2) is 0 Å². The Bertz CT molecular complexity index is 3270. The van der Waals surface area contributed by atoms with Gasteiger partial charge in [0, 0.05) is 50.8 Å². The predicted octanol–water partition coefficient (Wildman–Crippen LogP) is 17.2. The molecule has 3 nitrogen and oxygen atoms in total. The minimum absolute atomic E-state index is 0.852. The van der Waals surface area contributed by atoms with Crippen molar-refractivity contribution in [2.24, 2.45) is 0 Å². The van der Waals surface area contributed by atoms with E-state index < -0.39 is 0 Å². The molecule has 63 heavy (non-hydrogen) atoms. The lowest BCUT2D eigenvalue weighted by Crippen LogP contribution is -2.12. The van der Waals surface area contributed by atoms with Crippen LogP contribution < -0.4 is 9.80 Å². The zero-order chi connectivity index (χ0) is 42.0. The number of para-hydroxylation sites is 2. The molecule has 0 radical (unpaired) electrons. The van der Waals surface area contributed by atoms with Crippen LogP contribution in [-0.2, 0) is 0 Å². The first-order valence-corrected chi connectivity index (χ1v) is 21.4. The molecule has 298 valence electrons. The zero-order valence-corrected chi connectivity index (χ0v) is 34.6. The van der Waals surface area contributed by atoms with Crippen LogP contribution >= 0.6 is 0 Å². The second-order valence-electron chi connectivity index (χ2n) is 15.8. The van der Waals surface area contributed by atoms with E-state index >= 15 is 0 Å². The highest BCUT2D eigenvalue weighted by Gasteiger charge is 2.21. The summed E-state index contributed by atoms with van der Waals surface area (Å²) in [5, 5.41) is 2.21. The molecule has 1 aromatic heterocycles. The summed E-state index contributed by atoms with van der Waals surface area (Å²) in [6.07, 6.45) is 0. The number of rotatable bonds is 10. The Kier molecular flexibility index (Phi) is 9.89. The molecule has 0 bridgehead atoms. The van der Waals surface area contributed by atoms with Crippen molar-refractivity contribution in [1.82, 2.24) is 0 Å². The minimum atomic E-state index is 0.852. The normalized spacial score (nSPS) is 11.2. The number of furan rings is 1. The Labute approximate surface area is 368 Å². The highest BCUT2D eigenvalue weighted by atomic mass is 16.3. The molecule has 0 fully saturated rings. The summed E-state index contributed by atoms with van der Waals surface area (Å²) in [6.45, 7) is 0. The first-order chi connectivity index (χ1) is 31.2. The van der Waals surface area contributed by atoms with Gasteiger partial charge in [0.2, 0.25) is 0 Å². The standard InChI is InChI=1S/C60H42N2O/c1-4-18-43(19-5-1)46-24-14-28-50(38-46)61(54-36-37-57-56-33-11-13-35-59(56)63-60(57)42-54)51-29-17-27-49(41-51)55-32-10-12-34-58(55)62(52-30-15-25-47(39-52)44-20-6-2-7-21-44)53-31-16-26-48(40-53)45-22-8-3-9-23-45/h1-42H. The van der Waals surface area contributed by atoms with Gasteiger partial charge in [0.25, 0.3) is 0 Å². The van der Waals surface area contributed by atoms with Gasteiger partial charge in [-0.3, -0.25) is 0 Å². The quantitative estimate of drug-likeness (QED) is 0.137. The monoisotopic (exact) mass is 806 g/mol. The number of hydrogen-bond acceptors (Lipinski definition) is 3. The zero-order valence-electron chi connectivity index (χ0n) is 34.6. The van der Waals surface area contributed by atoms with Gasteiger partial charge < -0.3 is 14.2 Å². The molecule has 0 spiro atoms. The lowest BCUT2D eigenvalue weighted by molar-refractivity contribution is 0.669. The third kappa shape index (κ3) is 7.43. The first kappa shape index (κ1) is 37.6. The molecule has 0 unspecified atom stereocenters. The molecule has 0 atom stereocenters. The van der Waals surface area contributed by atoms with Crippen molar-refractivity contribution < 1.29 is 4.42 Å². The van der Waals surface area contributed by atoms with E-state index in [-0.39, 0.29) is 0 Å². The van der Waals surface area contributed by atoms with Gasteiger partial charge in [-0.15, -0.1) is 0 Å². The van der Waals surface area contributed by atoms with E-state index in [0.717, 1.165) is 83.9 Å². The van der Waals surface area contributed by atoms with E-state index in [1.165, 1.54) is 16.7 Å². The first-order valence-electron chi connectivity index (χ1n) is 21.4. The maximum absolute atomic E-state index is 6.47. The molecule has 1 heterocycles. The summed E-state index contributed by atoms with van der Waals surface area (Å²) in [5.74, 6) is 0. The molecule has 0 aliphatic heterocycles. The van der Waals surface area contributed by atoms with Crippen LogP contribution in [0.1, 0.15) is 0 Å². The van der Waals surface area contributed by atoms with Crippen molar-refractivity contribution in [3.05, 3.63) is 255 Å². The third-order valence-corrected chi connectivity index (χ3v) is 11.8. The molecule has 0 aliphatic rings. The van der Waals surface area contributed by atoms with E-state index in [4.69, 9.17) is 4.42 Å². The van der Waals surface area contributed by atoms with E-state index in [2.05, 4.69) is 252 Å². The van der Waals surface area contributed by atoms with E-state index in [9.17, 15) is 0 Å². The number of benzene rings is 10. The van der Waals surface area contributed by atoms with E-state index in [1.54, 1.807) is 0 Å². The maximum Gasteiger partial charge on any atom is 0.137 e. The van der Waals surface area contributed by atoms with Crippen molar-refractivity contribution in [2.75, 3.05) is 9.80 Å². The molecular formula is C60H42N2O. The van der Waals surface area contributed by atoms with Crippen LogP contribution in [0.3, 0.4) is 0 Å². The molecular weight excluding hydrogens is 765 g/mol. The highest BCUT2D eigenvalue weighted by molar-refractivity contribution is 6.06. The Hall–Kier alpha value is -8.40. The summed E-state index contributed by atoms with van der Waals surface area (Å²) in [6, 6.07) is 90.8. The molecule has 11 aromatic rings. The number of hydrogen-bond donors (Lipinski definition) is 0. The largest absolute Gasteiger partial charge is 0.456 e. The van der Waals surface area contributed by atoms with Gasteiger partial charge in [-0.1, -0.05) is 176 Å². The van der Waals surface area contributed by atoms with Crippen LogP contribution in [0.4, 0.5) is 34.1 Å². The molecule has 10 aromatic carbocycles. The topological polar surface area (TPSA) is 19.6 Å². The molecule has 0 saturated carbocycles. The predicted molar refractivity (Wildman–Crippen MR) is 265 cm³/mol. The Morgan fingerprint density at radius 1 is 0.238 bits per heavy atom. The van der Waals surface area contributed by atoms with Gasteiger partial charge >= 0.3 is 0 Å². The van der Waals surface area contributed by atoms with Gasteiger partial charge in [0.15, 0.2) is 0 Å². The SMILES string of the molecule is c1ccc(-c2cccc(N(c3cccc(-c4ccccc4N(c4cccc(-c5ccccc5)c4)c4cccc(-c5ccccc5)c4)c3)c3ccc4c(c3)oc3ccccc34)c2)cc1. The van der Waals surface area contributed by atoms with Crippen LogP contribution in [0, 0.1) is 0 Å². The van der Waals surface area contributed by atoms with E-state index in [0.29, 0.717) is 0 Å². The fourth-order valence-electron chi connectivity index (χ4n) is 8.82. The van der Waals surface area contributed by atoms with Gasteiger partial charge in [-0.2, -0.15) is 0 Å². The smallest absolute Gasteiger partial charge is 0.137 e. The van der Waals surface area contributed by atoms with Crippen molar-refractivity contribution in [3.8, 4) is 44.5 Å². The molecule has 3 heteroatoms. The number of nitrogens with zero attached hydrogens (tertiary/aromatic N) is 2. The summed E-state index contributed by atoms with van der Waals surface area (Å²) in [5.41, 5.74) is 17.2. The van der Waals surface area contributed by atoms with Gasteiger partial charge in [0.1, 0.15) is 11.2 Å². The fourth-order valence-corrected chi connectivity index (χ4v) is 8.82. The highest BCUT2D eigenvalue weighted by Crippen LogP contribution is 2.45. The third-order valence-electron chi connectivity index (χ3n) is 11.8. The Morgan fingerprint density at radius 2 is 0.635 bits per heavy atom. The molecule has 0 aliphatic carbocycles. The molecule has 11 rings (SSSR count). The van der Waals surface area contributed by atoms with Crippen LogP contribution in [0.15, 0.2) is 259 Å². The number of fused-ring (bicyclic) bond motifs is 3. The lowest BCUT2D eigenvalue weighted by atomic mass is 9.99. The summed E-state index contributed by atoms with van der Waals surface area (Å²) in [4.78, 5) is 4.74.